The van der Waals surface area contributed by atoms with Gasteiger partial charge in [-0.1, -0.05) is 27.2 Å². The molecule has 45 valence electrons. The summed E-state index contributed by atoms with van der Waals surface area (Å²) in [5.41, 5.74) is 0. The number of hydrogen-bond donors (Lipinski definition) is 0. The maximum atomic E-state index is 3.60. The molecule has 0 bridgehead atoms. The molecule has 0 saturated carbocycles. The molecule has 0 aromatic heterocycles. The standard InChI is InChI=1S/C4H9.C2H6.V/c1-3-4-2;1-2;/h1,3-4H2,2H3;1-2H3;/q-1;;. The van der Waals surface area contributed by atoms with Crippen molar-refractivity contribution < 1.29 is 18.6 Å². The third kappa shape index (κ3) is 55.1. The summed E-state index contributed by atoms with van der Waals surface area (Å²) in [6.07, 6.45) is 2.28. The van der Waals surface area contributed by atoms with E-state index in [0.29, 0.717) is 0 Å². The molecule has 0 aliphatic carbocycles. The van der Waals surface area contributed by atoms with Gasteiger partial charge in [-0.05, 0) is 0 Å². The molecule has 0 unspecified atom stereocenters. The molecule has 0 atom stereocenters. The largest absolute Gasteiger partial charge is 0.343 e. The Morgan fingerprint density at radius 1 is 1.29 bits per heavy atom. The first-order chi connectivity index (χ1) is 2.91. The summed E-state index contributed by atoms with van der Waals surface area (Å²) in [7, 11) is 0. The second-order valence-electron chi connectivity index (χ2n) is 0.854. The van der Waals surface area contributed by atoms with Gasteiger partial charge in [0, 0.05) is 18.6 Å². The quantitative estimate of drug-likeness (QED) is 0.488. The van der Waals surface area contributed by atoms with Crippen LogP contribution in [-0.2, 0) is 18.6 Å². The maximum absolute atomic E-state index is 3.60. The zero-order valence-corrected chi connectivity index (χ0v) is 6.97. The molecule has 0 spiro atoms. The van der Waals surface area contributed by atoms with Crippen LogP contribution in [-0.4, -0.2) is 0 Å². The van der Waals surface area contributed by atoms with Gasteiger partial charge in [-0.15, -0.1) is 0 Å². The van der Waals surface area contributed by atoms with Gasteiger partial charge in [0.2, 0.25) is 0 Å². The van der Waals surface area contributed by atoms with Crippen molar-refractivity contribution in [2.75, 3.05) is 0 Å². The van der Waals surface area contributed by atoms with Crippen LogP contribution in [0.25, 0.3) is 0 Å². The van der Waals surface area contributed by atoms with Crippen molar-refractivity contribution in [2.24, 2.45) is 0 Å². The summed E-state index contributed by atoms with van der Waals surface area (Å²) in [5, 5.41) is 0. The number of hydrogen-bond acceptors (Lipinski definition) is 0. The van der Waals surface area contributed by atoms with Crippen molar-refractivity contribution in [1.29, 1.82) is 0 Å². The third-order valence-electron chi connectivity index (χ3n) is 0.354. The molecule has 0 aliphatic heterocycles. The molecule has 0 heterocycles. The molecule has 0 fully saturated rings. The van der Waals surface area contributed by atoms with Gasteiger partial charge in [0.05, 0.1) is 0 Å². The van der Waals surface area contributed by atoms with Gasteiger partial charge in [-0.25, -0.2) is 0 Å². The fourth-order valence-corrected chi connectivity index (χ4v) is 0. The normalized spacial score (nSPS) is 5.14. The summed E-state index contributed by atoms with van der Waals surface area (Å²) >= 11 is 0. The van der Waals surface area contributed by atoms with Crippen LogP contribution in [0.3, 0.4) is 0 Å². The first-order valence-corrected chi connectivity index (χ1v) is 2.71. The van der Waals surface area contributed by atoms with E-state index in [1.54, 1.807) is 0 Å². The van der Waals surface area contributed by atoms with E-state index in [2.05, 4.69) is 13.8 Å². The van der Waals surface area contributed by atoms with Crippen LogP contribution < -0.4 is 0 Å². The van der Waals surface area contributed by atoms with Crippen LogP contribution in [0, 0.1) is 6.92 Å². The maximum Gasteiger partial charge on any atom is 0 e. The minimum atomic E-state index is 0. The first-order valence-electron chi connectivity index (χ1n) is 2.71. The zero-order chi connectivity index (χ0) is 5.41. The van der Waals surface area contributed by atoms with E-state index >= 15 is 0 Å². The molecule has 0 saturated heterocycles. The molecule has 7 heavy (non-hydrogen) atoms. The van der Waals surface area contributed by atoms with Gasteiger partial charge < -0.3 is 6.92 Å². The fraction of sp³-hybridized carbons (Fsp3) is 0.833. The summed E-state index contributed by atoms with van der Waals surface area (Å²) in [5.74, 6) is 0. The van der Waals surface area contributed by atoms with Gasteiger partial charge in [0.1, 0.15) is 0 Å². The Morgan fingerprint density at radius 3 is 1.43 bits per heavy atom. The van der Waals surface area contributed by atoms with Crippen LogP contribution in [0.2, 0.25) is 0 Å². The van der Waals surface area contributed by atoms with Gasteiger partial charge in [0.25, 0.3) is 0 Å². The predicted molar refractivity (Wildman–Crippen MR) is 31.6 cm³/mol. The van der Waals surface area contributed by atoms with E-state index in [0.717, 1.165) is 6.42 Å². The molecular formula is C6H15V-. The summed E-state index contributed by atoms with van der Waals surface area (Å²) in [6, 6.07) is 0. The van der Waals surface area contributed by atoms with Crippen molar-refractivity contribution in [1.82, 2.24) is 0 Å². The third-order valence-corrected chi connectivity index (χ3v) is 0.354. The SMILES string of the molecule is CC.[CH2-]CCC.[V]. The van der Waals surface area contributed by atoms with Gasteiger partial charge in [-0.3, -0.25) is 0 Å². The Balaban J connectivity index is -0.0000000480. The molecular weight excluding hydrogens is 123 g/mol. The van der Waals surface area contributed by atoms with Crippen LogP contribution >= 0.6 is 0 Å². The van der Waals surface area contributed by atoms with E-state index in [4.69, 9.17) is 0 Å². The number of rotatable bonds is 1. The second kappa shape index (κ2) is 30.7. The average Bonchev–Trinajstić information content (AvgIpc) is 1.72. The van der Waals surface area contributed by atoms with Crippen molar-refractivity contribution in [2.45, 2.75) is 33.6 Å². The smallest absolute Gasteiger partial charge is 0 e. The Bertz CT molecular complexity index is 6.14. The van der Waals surface area contributed by atoms with E-state index in [1.807, 2.05) is 13.8 Å². The molecule has 0 amide bonds. The van der Waals surface area contributed by atoms with Crippen molar-refractivity contribution in [3.63, 3.8) is 0 Å². The van der Waals surface area contributed by atoms with Crippen molar-refractivity contribution in [3.8, 4) is 0 Å². The minimum Gasteiger partial charge on any atom is -0.343 e. The average molecular weight is 138 g/mol. The van der Waals surface area contributed by atoms with Crippen LogP contribution in [0.5, 0.6) is 0 Å². The summed E-state index contributed by atoms with van der Waals surface area (Å²) < 4.78 is 0. The molecule has 1 radical (unpaired) electrons. The van der Waals surface area contributed by atoms with Gasteiger partial charge in [-0.2, -0.15) is 6.42 Å². The summed E-state index contributed by atoms with van der Waals surface area (Å²) in [4.78, 5) is 0. The van der Waals surface area contributed by atoms with Gasteiger partial charge in [0.15, 0.2) is 0 Å². The van der Waals surface area contributed by atoms with E-state index in [-0.39, 0.29) is 18.6 Å². The van der Waals surface area contributed by atoms with Crippen molar-refractivity contribution >= 4 is 0 Å². The molecule has 0 aromatic rings. The van der Waals surface area contributed by atoms with E-state index in [9.17, 15) is 0 Å². The van der Waals surface area contributed by atoms with Crippen molar-refractivity contribution in [3.05, 3.63) is 6.92 Å². The monoisotopic (exact) mass is 138 g/mol. The Hall–Kier alpha value is 0.584. The molecule has 0 rings (SSSR count). The molecule has 1 heteroatoms. The molecule has 0 nitrogen and oxygen atoms in total. The van der Waals surface area contributed by atoms with Crippen LogP contribution in [0.4, 0.5) is 0 Å². The molecule has 0 aromatic carbocycles. The number of unbranched alkanes of at least 4 members (excludes halogenated alkanes) is 1. The second-order valence-corrected chi connectivity index (χ2v) is 0.854. The fourth-order valence-electron chi connectivity index (χ4n) is 0. The van der Waals surface area contributed by atoms with E-state index in [1.165, 1.54) is 6.42 Å². The molecule has 0 N–H and O–H groups in total. The topological polar surface area (TPSA) is 0 Å². The Morgan fingerprint density at radius 2 is 1.43 bits per heavy atom. The Kier molecular flexibility index (Phi) is 68.7. The predicted octanol–water partition coefficient (Wildman–Crippen LogP) is 2.64. The Labute approximate surface area is 59.6 Å². The van der Waals surface area contributed by atoms with E-state index < -0.39 is 0 Å². The summed E-state index contributed by atoms with van der Waals surface area (Å²) in [6.45, 7) is 9.72. The zero-order valence-electron chi connectivity index (χ0n) is 5.57. The molecule has 0 aliphatic rings. The van der Waals surface area contributed by atoms with Gasteiger partial charge >= 0.3 is 0 Å². The first kappa shape index (κ1) is 15.6. The van der Waals surface area contributed by atoms with Crippen LogP contribution in [0.15, 0.2) is 0 Å². The van der Waals surface area contributed by atoms with Crippen LogP contribution in [0.1, 0.15) is 33.6 Å². The minimum absolute atomic E-state index is 0.